The van der Waals surface area contributed by atoms with Gasteiger partial charge < -0.3 is 14.2 Å². The quantitative estimate of drug-likeness (QED) is 0.582. The van der Waals surface area contributed by atoms with E-state index in [9.17, 15) is 9.59 Å². The average molecular weight is 313 g/mol. The molecule has 5 rings (SSSR count). The van der Waals surface area contributed by atoms with Crippen molar-refractivity contribution in [2.45, 2.75) is 25.0 Å². The molecule has 4 heterocycles. The van der Waals surface area contributed by atoms with E-state index in [0.717, 1.165) is 0 Å². The van der Waals surface area contributed by atoms with Crippen LogP contribution in [-0.2, 0) is 14.3 Å². The third kappa shape index (κ3) is 1.42. The summed E-state index contributed by atoms with van der Waals surface area (Å²) in [5, 5.41) is 0. The molecule has 2 fully saturated rings. The fraction of sp³-hybridized carbons (Fsp3) is 0.412. The number of hydrogen-bond donors (Lipinski definition) is 0. The predicted molar refractivity (Wildman–Crippen MR) is 79.1 cm³/mol. The molecule has 4 aliphatic rings. The van der Waals surface area contributed by atoms with Gasteiger partial charge in [0.2, 0.25) is 18.6 Å². The van der Waals surface area contributed by atoms with E-state index in [-0.39, 0.29) is 18.6 Å². The molecular weight excluding hydrogens is 298 g/mol. The van der Waals surface area contributed by atoms with Gasteiger partial charge in [0.15, 0.2) is 11.5 Å². The van der Waals surface area contributed by atoms with Crippen molar-refractivity contribution >= 4 is 17.5 Å². The molecule has 0 spiro atoms. The van der Waals surface area contributed by atoms with E-state index in [2.05, 4.69) is 0 Å². The molecule has 0 aliphatic carbocycles. The lowest BCUT2D eigenvalue weighted by molar-refractivity contribution is -0.128. The van der Waals surface area contributed by atoms with Gasteiger partial charge in [-0.3, -0.25) is 9.59 Å². The summed E-state index contributed by atoms with van der Waals surface area (Å²) in [4.78, 5) is 27.2. The zero-order chi connectivity index (χ0) is 16.0. The standard InChI is InChI=1S/C17H15NO5/c1-16-5-6-17(2,23-16)13-12(16)14(19)18(15(13)20)9-3-4-10-11(7-9)22-8-21-10/h3-7,12-13H,8H2,1-2H3/t12-,13-,16-,17+/m0/s1. The van der Waals surface area contributed by atoms with Gasteiger partial charge in [0.05, 0.1) is 28.7 Å². The second-order valence-electron chi connectivity index (χ2n) is 6.81. The maximum absolute atomic E-state index is 13.0. The van der Waals surface area contributed by atoms with Crippen molar-refractivity contribution in [1.29, 1.82) is 0 Å². The van der Waals surface area contributed by atoms with E-state index in [4.69, 9.17) is 14.2 Å². The second-order valence-corrected chi connectivity index (χ2v) is 6.81. The molecule has 0 aromatic heterocycles. The Morgan fingerprint density at radius 2 is 1.61 bits per heavy atom. The van der Waals surface area contributed by atoms with E-state index in [1.165, 1.54) is 4.90 Å². The lowest BCUT2D eigenvalue weighted by Gasteiger charge is -2.25. The number of benzene rings is 1. The van der Waals surface area contributed by atoms with E-state index >= 15 is 0 Å². The molecule has 1 aromatic carbocycles. The number of ether oxygens (including phenoxy) is 3. The first-order chi connectivity index (χ1) is 10.9. The summed E-state index contributed by atoms with van der Waals surface area (Å²) in [6, 6.07) is 5.12. The van der Waals surface area contributed by atoms with Crippen molar-refractivity contribution in [3.63, 3.8) is 0 Å². The Kier molecular flexibility index (Phi) is 2.15. The molecular formula is C17H15NO5. The zero-order valence-corrected chi connectivity index (χ0v) is 12.7. The molecule has 2 saturated heterocycles. The van der Waals surface area contributed by atoms with Crippen LogP contribution in [0.15, 0.2) is 30.4 Å². The number of carbonyl (C=O) groups is 2. The summed E-state index contributed by atoms with van der Waals surface area (Å²) in [5.74, 6) is -0.207. The van der Waals surface area contributed by atoms with Crippen molar-refractivity contribution in [2.75, 3.05) is 11.7 Å². The number of amides is 2. The first-order valence-electron chi connectivity index (χ1n) is 7.61. The molecule has 1 aromatic rings. The number of fused-ring (bicyclic) bond motifs is 6. The van der Waals surface area contributed by atoms with Gasteiger partial charge in [-0.2, -0.15) is 0 Å². The number of imide groups is 1. The van der Waals surface area contributed by atoms with Gasteiger partial charge in [-0.15, -0.1) is 0 Å². The maximum Gasteiger partial charge on any atom is 0.241 e. The molecule has 118 valence electrons. The largest absolute Gasteiger partial charge is 0.454 e. The molecule has 2 amide bonds. The molecule has 2 bridgehead atoms. The zero-order valence-electron chi connectivity index (χ0n) is 12.7. The molecule has 0 saturated carbocycles. The average Bonchev–Trinajstić information content (AvgIpc) is 3.19. The monoisotopic (exact) mass is 313 g/mol. The molecule has 4 aliphatic heterocycles. The van der Waals surface area contributed by atoms with Crippen molar-refractivity contribution in [3.8, 4) is 11.5 Å². The van der Waals surface area contributed by atoms with Crippen LogP contribution in [0.25, 0.3) is 0 Å². The van der Waals surface area contributed by atoms with Crippen molar-refractivity contribution < 1.29 is 23.8 Å². The van der Waals surface area contributed by atoms with Crippen LogP contribution >= 0.6 is 0 Å². The molecule has 4 atom stereocenters. The number of rotatable bonds is 1. The highest BCUT2D eigenvalue weighted by Crippen LogP contribution is 2.57. The lowest BCUT2D eigenvalue weighted by Crippen LogP contribution is -2.39. The van der Waals surface area contributed by atoms with Crippen molar-refractivity contribution in [2.24, 2.45) is 11.8 Å². The van der Waals surface area contributed by atoms with Crippen LogP contribution in [0.5, 0.6) is 11.5 Å². The normalized spacial score (nSPS) is 39.5. The van der Waals surface area contributed by atoms with Gasteiger partial charge >= 0.3 is 0 Å². The van der Waals surface area contributed by atoms with E-state index in [1.54, 1.807) is 18.2 Å². The third-order valence-electron chi connectivity index (χ3n) is 5.34. The topological polar surface area (TPSA) is 65.1 Å². The Labute approximate surface area is 132 Å². The molecule has 6 nitrogen and oxygen atoms in total. The molecule has 6 heteroatoms. The van der Waals surface area contributed by atoms with E-state index in [1.807, 2.05) is 26.0 Å². The SMILES string of the molecule is C[C@]12C=C[C@](C)(O1)[C@@H]1C(=O)N(c3ccc4c(c3)OCO4)C(=O)[C@H]12. The Balaban J connectivity index is 1.60. The third-order valence-corrected chi connectivity index (χ3v) is 5.34. The molecule has 0 radical (unpaired) electrons. The minimum atomic E-state index is -0.711. The van der Waals surface area contributed by atoms with Crippen molar-refractivity contribution in [1.82, 2.24) is 0 Å². The van der Waals surface area contributed by atoms with Gasteiger partial charge in [0, 0.05) is 6.07 Å². The van der Waals surface area contributed by atoms with Crippen LogP contribution in [-0.4, -0.2) is 29.8 Å². The first kappa shape index (κ1) is 13.1. The van der Waals surface area contributed by atoms with E-state index in [0.29, 0.717) is 17.2 Å². The summed E-state index contributed by atoms with van der Waals surface area (Å²) in [7, 11) is 0. The summed E-state index contributed by atoms with van der Waals surface area (Å²) in [6.45, 7) is 3.89. The van der Waals surface area contributed by atoms with Gasteiger partial charge in [-0.05, 0) is 26.0 Å². The minimum Gasteiger partial charge on any atom is -0.454 e. The number of carbonyl (C=O) groups excluding carboxylic acids is 2. The number of nitrogens with zero attached hydrogens (tertiary/aromatic N) is 1. The fourth-order valence-electron chi connectivity index (χ4n) is 4.31. The summed E-state index contributed by atoms with van der Waals surface area (Å²) in [5.41, 5.74) is -0.903. The molecule has 0 N–H and O–H groups in total. The van der Waals surface area contributed by atoms with Crippen LogP contribution in [0.4, 0.5) is 5.69 Å². The minimum absolute atomic E-state index is 0.153. The van der Waals surface area contributed by atoms with Gasteiger partial charge in [0.1, 0.15) is 0 Å². The van der Waals surface area contributed by atoms with Crippen LogP contribution in [0.2, 0.25) is 0 Å². The molecule has 0 unspecified atom stereocenters. The van der Waals surface area contributed by atoms with Gasteiger partial charge in [0.25, 0.3) is 0 Å². The highest BCUT2D eigenvalue weighted by Gasteiger charge is 2.70. The Hall–Kier alpha value is -2.34. The maximum atomic E-state index is 13.0. The highest BCUT2D eigenvalue weighted by atomic mass is 16.7. The summed E-state index contributed by atoms with van der Waals surface area (Å²) >= 11 is 0. The van der Waals surface area contributed by atoms with Gasteiger partial charge in [-0.1, -0.05) is 12.2 Å². The van der Waals surface area contributed by atoms with Crippen LogP contribution in [0.3, 0.4) is 0 Å². The predicted octanol–water partition coefficient (Wildman–Crippen LogP) is 1.64. The summed E-state index contributed by atoms with van der Waals surface area (Å²) in [6.07, 6.45) is 3.81. The smallest absolute Gasteiger partial charge is 0.241 e. The highest BCUT2D eigenvalue weighted by molar-refractivity contribution is 6.23. The van der Waals surface area contributed by atoms with Crippen LogP contribution in [0.1, 0.15) is 13.8 Å². The lowest BCUT2D eigenvalue weighted by atomic mass is 9.73. The second kappa shape index (κ2) is 3.76. The first-order valence-corrected chi connectivity index (χ1v) is 7.61. The fourth-order valence-corrected chi connectivity index (χ4v) is 4.31. The summed E-state index contributed by atoms with van der Waals surface area (Å²) < 4.78 is 16.6. The molecule has 23 heavy (non-hydrogen) atoms. The number of hydrogen-bond acceptors (Lipinski definition) is 5. The van der Waals surface area contributed by atoms with Crippen LogP contribution < -0.4 is 14.4 Å². The Morgan fingerprint density at radius 1 is 1.00 bits per heavy atom. The Bertz CT molecular complexity index is 766. The van der Waals surface area contributed by atoms with Crippen LogP contribution in [0, 0.1) is 11.8 Å². The Morgan fingerprint density at radius 3 is 2.26 bits per heavy atom. The van der Waals surface area contributed by atoms with E-state index < -0.39 is 23.0 Å². The van der Waals surface area contributed by atoms with Gasteiger partial charge in [-0.25, -0.2) is 4.90 Å². The van der Waals surface area contributed by atoms with Crippen molar-refractivity contribution in [3.05, 3.63) is 30.4 Å². The number of anilines is 1.